The maximum absolute atomic E-state index is 12.4. The molecule has 0 aliphatic heterocycles. The zero-order valence-electron chi connectivity index (χ0n) is 9.40. The molecule has 7 heteroatoms. The van der Waals surface area contributed by atoms with Crippen LogP contribution in [0.3, 0.4) is 0 Å². The second kappa shape index (κ2) is 6.08. The van der Waals surface area contributed by atoms with Crippen LogP contribution in [0.25, 0.3) is 0 Å². The fraction of sp³-hybridized carbons (Fsp3) is 0.0833. The number of nitrogens with one attached hydrogen (secondary N) is 1. The van der Waals surface area contributed by atoms with Gasteiger partial charge in [0.2, 0.25) is 0 Å². The molecule has 2 aromatic rings. The number of hydrogen-bond donors (Lipinski definition) is 1. The van der Waals surface area contributed by atoms with Gasteiger partial charge in [-0.05, 0) is 35.9 Å². The van der Waals surface area contributed by atoms with Crippen molar-refractivity contribution in [3.63, 3.8) is 0 Å². The highest BCUT2D eigenvalue weighted by Crippen LogP contribution is 2.31. The van der Waals surface area contributed by atoms with Crippen molar-refractivity contribution < 1.29 is 18.0 Å². The molecule has 0 saturated heterocycles. The summed E-state index contributed by atoms with van der Waals surface area (Å²) >= 11 is 5.92. The molecule has 0 bridgehead atoms. The number of thioether (sulfide) groups is 1. The number of benzene rings is 1. The van der Waals surface area contributed by atoms with Gasteiger partial charge in [0, 0.05) is 4.90 Å². The number of amides is 1. The highest BCUT2D eigenvalue weighted by Gasteiger charge is 2.14. The smallest absolute Gasteiger partial charge is 0.291 e. The molecule has 3 nitrogen and oxygen atoms in total. The predicted octanol–water partition coefficient (Wildman–Crippen LogP) is 4.50. The van der Waals surface area contributed by atoms with Gasteiger partial charge >= 0.3 is 0 Å². The van der Waals surface area contributed by atoms with Gasteiger partial charge in [0.1, 0.15) is 0 Å². The molecule has 0 radical (unpaired) electrons. The van der Waals surface area contributed by atoms with Crippen molar-refractivity contribution >= 4 is 35.0 Å². The molecule has 1 aromatic heterocycles. The van der Waals surface area contributed by atoms with Crippen LogP contribution in [0.2, 0.25) is 5.22 Å². The average Bonchev–Trinajstić information content (AvgIpc) is 2.78. The number of halogens is 3. The molecule has 0 fully saturated rings. The summed E-state index contributed by atoms with van der Waals surface area (Å²) < 4.78 is 29.7. The fourth-order valence-electron chi connectivity index (χ4n) is 1.39. The molecule has 0 unspecified atom stereocenters. The van der Waals surface area contributed by atoms with Crippen molar-refractivity contribution in [2.45, 2.75) is 10.7 Å². The molecule has 2 rings (SSSR count). The molecular weight excluding hydrogens is 296 g/mol. The van der Waals surface area contributed by atoms with Gasteiger partial charge in [-0.2, -0.15) is 8.78 Å². The molecule has 100 valence electrons. The third-order valence-electron chi connectivity index (χ3n) is 2.15. The van der Waals surface area contributed by atoms with Crippen molar-refractivity contribution in [2.75, 3.05) is 5.32 Å². The lowest BCUT2D eigenvalue weighted by molar-refractivity contribution is 0.0996. The normalized spacial score (nSPS) is 10.7. The molecule has 1 aromatic carbocycles. The van der Waals surface area contributed by atoms with Crippen LogP contribution in [0.1, 0.15) is 10.6 Å². The van der Waals surface area contributed by atoms with Crippen molar-refractivity contribution in [3.05, 3.63) is 47.4 Å². The van der Waals surface area contributed by atoms with Crippen molar-refractivity contribution in [3.8, 4) is 0 Å². The lowest BCUT2D eigenvalue weighted by atomic mass is 10.3. The first-order valence-electron chi connectivity index (χ1n) is 5.17. The SMILES string of the molecule is O=C(Nc1ccccc1SC(F)F)c1ccc(Cl)o1. The number of alkyl halides is 2. The highest BCUT2D eigenvalue weighted by atomic mass is 35.5. The predicted molar refractivity (Wildman–Crippen MR) is 70.0 cm³/mol. The van der Waals surface area contributed by atoms with E-state index in [9.17, 15) is 13.6 Å². The number of anilines is 1. The van der Waals surface area contributed by atoms with Gasteiger partial charge in [-0.25, -0.2) is 0 Å². The Hall–Kier alpha value is -1.53. The Bertz CT molecular complexity index is 589. The van der Waals surface area contributed by atoms with E-state index < -0.39 is 11.7 Å². The van der Waals surface area contributed by atoms with Crippen LogP contribution in [0, 0.1) is 0 Å². The molecule has 1 N–H and O–H groups in total. The monoisotopic (exact) mass is 303 g/mol. The Labute approximate surface area is 116 Å². The second-order valence-electron chi connectivity index (χ2n) is 3.43. The number of rotatable bonds is 4. The zero-order valence-corrected chi connectivity index (χ0v) is 11.0. The molecular formula is C12H8ClF2NO2S. The minimum atomic E-state index is -2.56. The summed E-state index contributed by atoms with van der Waals surface area (Å²) in [6.07, 6.45) is 0. The topological polar surface area (TPSA) is 42.2 Å². The largest absolute Gasteiger partial charge is 0.440 e. The lowest BCUT2D eigenvalue weighted by Gasteiger charge is -2.09. The van der Waals surface area contributed by atoms with Crippen LogP contribution in [0.5, 0.6) is 0 Å². The molecule has 0 aliphatic rings. The van der Waals surface area contributed by atoms with Gasteiger partial charge in [0.05, 0.1) is 5.69 Å². The van der Waals surface area contributed by atoms with E-state index in [1.165, 1.54) is 24.3 Å². The quantitative estimate of drug-likeness (QED) is 0.846. The molecule has 19 heavy (non-hydrogen) atoms. The van der Waals surface area contributed by atoms with E-state index in [2.05, 4.69) is 5.32 Å². The molecule has 1 amide bonds. The standard InChI is InChI=1S/C12H8ClF2NO2S/c13-10-6-5-8(18-10)11(17)16-7-3-1-2-4-9(7)19-12(14)15/h1-6,12H,(H,16,17). The van der Waals surface area contributed by atoms with E-state index in [1.807, 2.05) is 0 Å². The van der Waals surface area contributed by atoms with E-state index >= 15 is 0 Å². The third-order valence-corrected chi connectivity index (χ3v) is 3.14. The minimum Gasteiger partial charge on any atom is -0.440 e. The Morgan fingerprint density at radius 1 is 1.26 bits per heavy atom. The van der Waals surface area contributed by atoms with Crippen molar-refractivity contribution in [2.24, 2.45) is 0 Å². The lowest BCUT2D eigenvalue weighted by Crippen LogP contribution is -2.11. The van der Waals surface area contributed by atoms with Gasteiger partial charge in [0.15, 0.2) is 11.0 Å². The Kier molecular flexibility index (Phi) is 4.44. The number of para-hydroxylation sites is 1. The van der Waals surface area contributed by atoms with E-state index in [0.717, 1.165) is 0 Å². The van der Waals surface area contributed by atoms with Crippen LogP contribution in [-0.2, 0) is 0 Å². The fourth-order valence-corrected chi connectivity index (χ4v) is 2.13. The summed E-state index contributed by atoms with van der Waals surface area (Å²) in [6, 6.07) is 9.12. The maximum Gasteiger partial charge on any atom is 0.291 e. The van der Waals surface area contributed by atoms with Gasteiger partial charge in [-0.1, -0.05) is 23.9 Å². The highest BCUT2D eigenvalue weighted by molar-refractivity contribution is 7.99. The van der Waals surface area contributed by atoms with Crippen LogP contribution in [-0.4, -0.2) is 11.7 Å². The number of hydrogen-bond acceptors (Lipinski definition) is 3. The second-order valence-corrected chi connectivity index (χ2v) is 4.84. The first-order valence-corrected chi connectivity index (χ1v) is 6.42. The number of carbonyl (C=O) groups excluding carboxylic acids is 1. The van der Waals surface area contributed by atoms with Crippen molar-refractivity contribution in [1.29, 1.82) is 0 Å². The first-order chi connectivity index (χ1) is 9.06. The molecule has 0 spiro atoms. The van der Waals surface area contributed by atoms with Gasteiger partial charge < -0.3 is 9.73 Å². The Morgan fingerprint density at radius 3 is 2.63 bits per heavy atom. The average molecular weight is 304 g/mol. The van der Waals surface area contributed by atoms with Gasteiger partial charge in [0.25, 0.3) is 11.7 Å². The summed E-state index contributed by atoms with van der Waals surface area (Å²) in [7, 11) is 0. The summed E-state index contributed by atoms with van der Waals surface area (Å²) in [5.74, 6) is -3.09. The molecule has 1 heterocycles. The molecule has 0 atom stereocenters. The van der Waals surface area contributed by atoms with Crippen LogP contribution < -0.4 is 5.32 Å². The molecule has 0 saturated carbocycles. The number of furan rings is 1. The van der Waals surface area contributed by atoms with Crippen LogP contribution in [0.4, 0.5) is 14.5 Å². The molecule has 0 aliphatic carbocycles. The zero-order chi connectivity index (χ0) is 13.8. The van der Waals surface area contributed by atoms with Crippen LogP contribution >= 0.6 is 23.4 Å². The maximum atomic E-state index is 12.4. The Balaban J connectivity index is 2.16. The third kappa shape index (κ3) is 3.71. The number of carbonyl (C=O) groups is 1. The van der Waals surface area contributed by atoms with Crippen molar-refractivity contribution in [1.82, 2.24) is 0 Å². The van der Waals surface area contributed by atoms with E-state index in [-0.39, 0.29) is 15.9 Å². The van der Waals surface area contributed by atoms with Gasteiger partial charge in [-0.3, -0.25) is 4.79 Å². The summed E-state index contributed by atoms with van der Waals surface area (Å²) in [5, 5.41) is 2.58. The first kappa shape index (κ1) is 13.9. The Morgan fingerprint density at radius 2 is 2.00 bits per heavy atom. The van der Waals surface area contributed by atoms with Crippen LogP contribution in [0.15, 0.2) is 45.7 Å². The van der Waals surface area contributed by atoms with E-state index in [0.29, 0.717) is 17.4 Å². The van der Waals surface area contributed by atoms with Gasteiger partial charge in [-0.15, -0.1) is 0 Å². The van der Waals surface area contributed by atoms with E-state index in [4.69, 9.17) is 16.0 Å². The summed E-state index contributed by atoms with van der Waals surface area (Å²) in [5.41, 5.74) is 0.297. The van der Waals surface area contributed by atoms with E-state index in [1.54, 1.807) is 12.1 Å². The summed E-state index contributed by atoms with van der Waals surface area (Å²) in [6.45, 7) is 0. The minimum absolute atomic E-state index is 0.0156. The summed E-state index contributed by atoms with van der Waals surface area (Å²) in [4.78, 5) is 12.1.